The average molecular weight is 417 g/mol. The SMILES string of the molecule is O=C1N[C@@H](c2c(F)cccc2Cl)[C@H](C(=O)c2ccccc2)[C@@](O)(C(F)(F)F)N1. The van der Waals surface area contributed by atoms with Gasteiger partial charge >= 0.3 is 12.2 Å². The van der Waals surface area contributed by atoms with Gasteiger partial charge in [0.1, 0.15) is 11.7 Å². The van der Waals surface area contributed by atoms with Gasteiger partial charge in [0.2, 0.25) is 5.72 Å². The van der Waals surface area contributed by atoms with Crippen molar-refractivity contribution in [3.8, 4) is 0 Å². The van der Waals surface area contributed by atoms with Crippen LogP contribution >= 0.6 is 11.6 Å². The molecule has 2 aromatic carbocycles. The van der Waals surface area contributed by atoms with E-state index in [1.54, 1.807) is 6.07 Å². The largest absolute Gasteiger partial charge is 0.437 e. The van der Waals surface area contributed by atoms with Crippen molar-refractivity contribution in [1.82, 2.24) is 10.6 Å². The number of hydrogen-bond acceptors (Lipinski definition) is 3. The van der Waals surface area contributed by atoms with Crippen molar-refractivity contribution in [3.63, 3.8) is 0 Å². The summed E-state index contributed by atoms with van der Waals surface area (Å²) in [5.74, 6) is -4.53. The summed E-state index contributed by atoms with van der Waals surface area (Å²) in [4.78, 5) is 24.8. The highest BCUT2D eigenvalue weighted by molar-refractivity contribution is 6.31. The van der Waals surface area contributed by atoms with Crippen molar-refractivity contribution < 1.29 is 32.3 Å². The summed E-state index contributed by atoms with van der Waals surface area (Å²) < 4.78 is 55.7. The summed E-state index contributed by atoms with van der Waals surface area (Å²) in [7, 11) is 0. The normalized spacial score (nSPS) is 25.0. The van der Waals surface area contributed by atoms with Gasteiger partial charge in [-0.25, -0.2) is 9.18 Å². The summed E-state index contributed by atoms with van der Waals surface area (Å²) >= 11 is 5.95. The molecule has 1 heterocycles. The van der Waals surface area contributed by atoms with Crippen LogP contribution in [0.25, 0.3) is 0 Å². The fraction of sp³-hybridized carbons (Fsp3) is 0.222. The maximum atomic E-state index is 14.4. The maximum absolute atomic E-state index is 14.4. The number of Topliss-reactive ketones (excluding diaryl/α,β-unsaturated/α-hetero) is 1. The van der Waals surface area contributed by atoms with Crippen molar-refractivity contribution in [2.45, 2.75) is 17.9 Å². The number of nitrogens with one attached hydrogen (secondary N) is 2. The summed E-state index contributed by atoms with van der Waals surface area (Å²) in [5, 5.41) is 13.6. The summed E-state index contributed by atoms with van der Waals surface area (Å²) in [6.45, 7) is 0. The van der Waals surface area contributed by atoms with E-state index in [1.807, 2.05) is 0 Å². The first-order valence-electron chi connectivity index (χ1n) is 7.97. The van der Waals surface area contributed by atoms with E-state index in [1.165, 1.54) is 41.7 Å². The predicted molar refractivity (Wildman–Crippen MR) is 91.1 cm³/mol. The van der Waals surface area contributed by atoms with Gasteiger partial charge < -0.3 is 15.7 Å². The number of urea groups is 1. The maximum Gasteiger partial charge on any atom is 0.437 e. The van der Waals surface area contributed by atoms with Crippen molar-refractivity contribution >= 4 is 23.4 Å². The fourth-order valence-electron chi connectivity index (χ4n) is 3.17. The topological polar surface area (TPSA) is 78.4 Å². The third kappa shape index (κ3) is 3.31. The van der Waals surface area contributed by atoms with Crippen LogP contribution in [-0.2, 0) is 0 Å². The highest BCUT2D eigenvalue weighted by Crippen LogP contribution is 2.45. The number of benzene rings is 2. The van der Waals surface area contributed by atoms with Gasteiger partial charge in [0.15, 0.2) is 5.78 Å². The lowest BCUT2D eigenvalue weighted by Crippen LogP contribution is -2.72. The summed E-state index contributed by atoms with van der Waals surface area (Å²) in [6.07, 6.45) is -5.43. The Labute approximate surface area is 161 Å². The van der Waals surface area contributed by atoms with Crippen LogP contribution in [0.1, 0.15) is 22.0 Å². The van der Waals surface area contributed by atoms with Gasteiger partial charge in [0, 0.05) is 16.1 Å². The zero-order valence-electron chi connectivity index (χ0n) is 13.9. The number of ketones is 1. The second-order valence-corrected chi connectivity index (χ2v) is 6.59. The van der Waals surface area contributed by atoms with Crippen LogP contribution in [0.4, 0.5) is 22.4 Å². The summed E-state index contributed by atoms with van der Waals surface area (Å²) in [6, 6.07) is 6.90. The van der Waals surface area contributed by atoms with Crippen LogP contribution in [0.2, 0.25) is 5.02 Å². The van der Waals surface area contributed by atoms with E-state index in [0.717, 1.165) is 6.07 Å². The fourth-order valence-corrected chi connectivity index (χ4v) is 3.45. The molecule has 3 rings (SSSR count). The first kappa shape index (κ1) is 20.1. The van der Waals surface area contributed by atoms with E-state index >= 15 is 0 Å². The van der Waals surface area contributed by atoms with E-state index in [9.17, 15) is 32.3 Å². The van der Waals surface area contributed by atoms with Crippen LogP contribution < -0.4 is 10.6 Å². The molecule has 2 amide bonds. The molecule has 148 valence electrons. The Bertz CT molecular complexity index is 903. The first-order valence-corrected chi connectivity index (χ1v) is 8.35. The van der Waals surface area contributed by atoms with Crippen molar-refractivity contribution in [1.29, 1.82) is 0 Å². The van der Waals surface area contributed by atoms with E-state index in [0.29, 0.717) is 0 Å². The Morgan fingerprint density at radius 1 is 1.11 bits per heavy atom. The number of carbonyl (C=O) groups excluding carboxylic acids is 2. The number of alkyl halides is 3. The molecule has 1 saturated heterocycles. The van der Waals surface area contributed by atoms with Gasteiger partial charge in [-0.1, -0.05) is 48.0 Å². The Morgan fingerprint density at radius 2 is 1.75 bits per heavy atom. The molecule has 0 unspecified atom stereocenters. The number of halogens is 5. The molecule has 10 heteroatoms. The Hall–Kier alpha value is -2.65. The van der Waals surface area contributed by atoms with E-state index in [-0.39, 0.29) is 10.6 Å². The molecule has 1 aliphatic rings. The molecule has 5 nitrogen and oxygen atoms in total. The zero-order chi connectivity index (χ0) is 20.7. The molecular weight excluding hydrogens is 404 g/mol. The molecular formula is C18H13ClF4N2O3. The Morgan fingerprint density at radius 3 is 2.32 bits per heavy atom. The predicted octanol–water partition coefficient (Wildman–Crippen LogP) is 3.58. The van der Waals surface area contributed by atoms with Crippen LogP contribution in [-0.4, -0.2) is 28.8 Å². The number of carbonyl (C=O) groups is 2. The van der Waals surface area contributed by atoms with Gasteiger partial charge in [0.05, 0.1) is 6.04 Å². The molecule has 0 bridgehead atoms. The Balaban J connectivity index is 2.23. The minimum absolute atomic E-state index is 0.161. The molecule has 3 N–H and O–H groups in total. The van der Waals surface area contributed by atoms with Gasteiger partial charge in [-0.2, -0.15) is 13.2 Å². The molecule has 1 aliphatic heterocycles. The summed E-state index contributed by atoms with van der Waals surface area (Å²) in [5.41, 5.74) is -4.64. The van der Waals surface area contributed by atoms with Gasteiger partial charge in [0.25, 0.3) is 0 Å². The lowest BCUT2D eigenvalue weighted by molar-refractivity contribution is -0.287. The van der Waals surface area contributed by atoms with Crippen LogP contribution in [0, 0.1) is 11.7 Å². The van der Waals surface area contributed by atoms with Crippen LogP contribution in [0.3, 0.4) is 0 Å². The molecule has 0 aliphatic carbocycles. The molecule has 28 heavy (non-hydrogen) atoms. The van der Waals surface area contributed by atoms with Crippen molar-refractivity contribution in [2.24, 2.45) is 5.92 Å². The molecule has 0 aromatic heterocycles. The molecule has 1 fully saturated rings. The van der Waals surface area contributed by atoms with Gasteiger partial charge in [-0.3, -0.25) is 4.79 Å². The van der Waals surface area contributed by atoms with Gasteiger partial charge in [-0.15, -0.1) is 0 Å². The second-order valence-electron chi connectivity index (χ2n) is 6.18. The van der Waals surface area contributed by atoms with Crippen molar-refractivity contribution in [2.75, 3.05) is 0 Å². The van der Waals surface area contributed by atoms with Crippen LogP contribution in [0.5, 0.6) is 0 Å². The average Bonchev–Trinajstić information content (AvgIpc) is 2.60. The number of amides is 2. The lowest BCUT2D eigenvalue weighted by Gasteiger charge is -2.45. The smallest absolute Gasteiger partial charge is 0.363 e. The lowest BCUT2D eigenvalue weighted by atomic mass is 9.77. The van der Waals surface area contributed by atoms with E-state index < -0.39 is 47.1 Å². The van der Waals surface area contributed by atoms with E-state index in [4.69, 9.17) is 11.6 Å². The monoisotopic (exact) mass is 416 g/mol. The van der Waals surface area contributed by atoms with E-state index in [2.05, 4.69) is 5.32 Å². The molecule has 0 spiro atoms. The van der Waals surface area contributed by atoms with Crippen LogP contribution in [0.15, 0.2) is 48.5 Å². The van der Waals surface area contributed by atoms with Gasteiger partial charge in [-0.05, 0) is 12.1 Å². The minimum Gasteiger partial charge on any atom is -0.363 e. The Kier molecular flexibility index (Phi) is 5.07. The minimum atomic E-state index is -5.43. The molecule has 3 atom stereocenters. The quantitative estimate of drug-likeness (QED) is 0.528. The number of hydrogen-bond donors (Lipinski definition) is 3. The molecule has 2 aromatic rings. The number of rotatable bonds is 3. The zero-order valence-corrected chi connectivity index (χ0v) is 14.7. The highest BCUT2D eigenvalue weighted by atomic mass is 35.5. The highest BCUT2D eigenvalue weighted by Gasteiger charge is 2.66. The molecule has 0 saturated carbocycles. The first-order chi connectivity index (χ1) is 13.1. The van der Waals surface area contributed by atoms with Crippen molar-refractivity contribution in [3.05, 3.63) is 70.5 Å². The second kappa shape index (κ2) is 7.06. The third-order valence-corrected chi connectivity index (χ3v) is 4.79. The molecule has 0 radical (unpaired) electrons. The number of aliphatic hydroxyl groups is 1. The standard InChI is InChI=1S/C18H13ClF4N2O3/c19-10-7-4-8-11(20)12(10)14-13(15(26)9-5-2-1-3-6-9)17(28,18(21,22)23)25-16(27)24-14/h1-8,13-14,28H,(H2,24,25,27)/t13-,14+,17-/m1/s1. The third-order valence-electron chi connectivity index (χ3n) is 4.46.